The third-order valence-corrected chi connectivity index (χ3v) is 9.41. The standard InChI is InChI=1S/C38H48N8O6S/c1-7-16-45(34(47)22-42-37(49)51-5)18-15-40-20-31(39-4)27-11-9-26(10-12-27)28-13-14-29(36-30(28)19-25(3)53-36)32-21-41-33(44-32)24-46(17-8-2)35(48)23-43-38(50)52-6/h9-14,19-21,40H,4,7-8,15-18,22-24H2,1-3,5-6H3,(H,41,44)(H,42,49)(H,43,50)/b31-20-. The van der Waals surface area contributed by atoms with Gasteiger partial charge in [0.15, 0.2) is 0 Å². The molecule has 0 aliphatic carbocycles. The van der Waals surface area contributed by atoms with Crippen LogP contribution in [0.5, 0.6) is 0 Å². The second kappa shape index (κ2) is 19.8. The predicted molar refractivity (Wildman–Crippen MR) is 209 cm³/mol. The molecule has 0 fully saturated rings. The lowest BCUT2D eigenvalue weighted by Crippen LogP contribution is -2.42. The fourth-order valence-electron chi connectivity index (χ4n) is 5.74. The number of imidazole rings is 1. The summed E-state index contributed by atoms with van der Waals surface area (Å²) in [5.74, 6) is 0.238. The lowest BCUT2D eigenvalue weighted by Gasteiger charge is -2.22. The van der Waals surface area contributed by atoms with Crippen LogP contribution in [0.4, 0.5) is 9.59 Å². The van der Waals surface area contributed by atoms with Gasteiger partial charge in [-0.1, -0.05) is 50.2 Å². The largest absolute Gasteiger partial charge is 0.453 e. The highest BCUT2D eigenvalue weighted by molar-refractivity contribution is 7.19. The van der Waals surface area contributed by atoms with Crippen LogP contribution in [0.25, 0.3) is 38.2 Å². The maximum Gasteiger partial charge on any atom is 0.407 e. The molecule has 4 aromatic rings. The Morgan fingerprint density at radius 3 is 2.15 bits per heavy atom. The van der Waals surface area contributed by atoms with Crippen LogP contribution >= 0.6 is 11.3 Å². The minimum Gasteiger partial charge on any atom is -0.453 e. The Morgan fingerprint density at radius 2 is 1.53 bits per heavy atom. The number of H-pyrrole nitrogens is 1. The van der Waals surface area contributed by atoms with Gasteiger partial charge in [-0.3, -0.25) is 14.6 Å². The van der Waals surface area contributed by atoms with Crippen LogP contribution in [0.15, 0.2) is 59.9 Å². The average molecular weight is 745 g/mol. The van der Waals surface area contributed by atoms with Gasteiger partial charge in [0, 0.05) is 58.5 Å². The van der Waals surface area contributed by atoms with Gasteiger partial charge in [0.1, 0.15) is 18.9 Å². The zero-order valence-electron chi connectivity index (χ0n) is 30.9. The van der Waals surface area contributed by atoms with E-state index in [9.17, 15) is 19.2 Å². The van der Waals surface area contributed by atoms with Crippen molar-refractivity contribution < 1.29 is 28.7 Å². The molecule has 4 amide bonds. The van der Waals surface area contributed by atoms with E-state index in [4.69, 9.17) is 0 Å². The van der Waals surface area contributed by atoms with Gasteiger partial charge < -0.3 is 40.2 Å². The third-order valence-electron chi connectivity index (χ3n) is 8.32. The molecule has 2 aromatic carbocycles. The summed E-state index contributed by atoms with van der Waals surface area (Å²) in [6, 6.07) is 14.5. The first-order chi connectivity index (χ1) is 25.6. The number of aryl methyl sites for hydroxylation is 1. The second-order valence-corrected chi connectivity index (χ2v) is 13.4. The predicted octanol–water partition coefficient (Wildman–Crippen LogP) is 5.54. The van der Waals surface area contributed by atoms with Gasteiger partial charge in [-0.2, -0.15) is 0 Å². The van der Waals surface area contributed by atoms with Crippen LogP contribution < -0.4 is 16.0 Å². The second-order valence-electron chi connectivity index (χ2n) is 12.1. The summed E-state index contributed by atoms with van der Waals surface area (Å²) in [7, 11) is 2.51. The van der Waals surface area contributed by atoms with Crippen LogP contribution in [-0.2, 0) is 25.6 Å². The number of ether oxygens (including phenoxy) is 2. The van der Waals surface area contributed by atoms with Crippen molar-refractivity contribution in [3.63, 3.8) is 0 Å². The lowest BCUT2D eigenvalue weighted by atomic mass is 9.97. The number of aromatic amines is 1. The Morgan fingerprint density at radius 1 is 0.906 bits per heavy atom. The number of thiophene rings is 1. The fourth-order valence-corrected chi connectivity index (χ4v) is 6.80. The van der Waals surface area contributed by atoms with Gasteiger partial charge in [0.25, 0.3) is 0 Å². The van der Waals surface area contributed by atoms with Crippen LogP contribution in [0.3, 0.4) is 0 Å². The average Bonchev–Trinajstić information content (AvgIpc) is 3.81. The summed E-state index contributed by atoms with van der Waals surface area (Å²) in [6.45, 7) is 11.9. The highest BCUT2D eigenvalue weighted by Crippen LogP contribution is 2.40. The summed E-state index contributed by atoms with van der Waals surface area (Å²) in [5, 5.41) is 9.24. The summed E-state index contributed by atoms with van der Waals surface area (Å²) in [5.41, 5.74) is 5.56. The zero-order valence-corrected chi connectivity index (χ0v) is 31.7. The first kappa shape index (κ1) is 40.1. The lowest BCUT2D eigenvalue weighted by molar-refractivity contribution is -0.131. The summed E-state index contributed by atoms with van der Waals surface area (Å²) < 4.78 is 10.3. The van der Waals surface area contributed by atoms with E-state index in [1.165, 1.54) is 19.1 Å². The molecule has 4 N–H and O–H groups in total. The molecule has 0 radical (unpaired) electrons. The summed E-state index contributed by atoms with van der Waals surface area (Å²) in [6.07, 6.45) is 3.83. The van der Waals surface area contributed by atoms with E-state index in [0.717, 1.165) is 50.9 Å². The Hall–Kier alpha value is -5.70. The monoisotopic (exact) mass is 744 g/mol. The number of hydrogen-bond donors (Lipinski definition) is 4. The van der Waals surface area contributed by atoms with Crippen LogP contribution in [0.1, 0.15) is 43.0 Å². The van der Waals surface area contributed by atoms with Crippen molar-refractivity contribution in [2.75, 3.05) is 53.5 Å². The first-order valence-corrected chi connectivity index (χ1v) is 18.2. The molecule has 2 aromatic heterocycles. The van der Waals surface area contributed by atoms with Crippen LogP contribution in [0.2, 0.25) is 0 Å². The molecule has 0 saturated heterocycles. The van der Waals surface area contributed by atoms with E-state index in [1.54, 1.807) is 33.5 Å². The Balaban J connectivity index is 1.46. The number of alkyl carbamates (subject to hydrolysis) is 2. The maximum atomic E-state index is 12.8. The topological polar surface area (TPSA) is 170 Å². The van der Waals surface area contributed by atoms with Crippen LogP contribution in [0, 0.1) is 6.92 Å². The molecule has 0 atom stereocenters. The number of nitrogens with zero attached hydrogens (tertiary/aromatic N) is 4. The molecular weight excluding hydrogens is 697 g/mol. The number of hydrogen-bond acceptors (Lipinski definition) is 10. The molecule has 0 bridgehead atoms. The van der Waals surface area contributed by atoms with Crippen molar-refractivity contribution in [2.24, 2.45) is 4.99 Å². The number of aromatic nitrogens is 2. The number of benzene rings is 2. The number of aliphatic imine (C=N–C) groups is 1. The van der Waals surface area contributed by atoms with Gasteiger partial charge in [0.2, 0.25) is 11.8 Å². The minimum atomic E-state index is -0.653. The van der Waals surface area contributed by atoms with E-state index >= 15 is 0 Å². The molecule has 15 heteroatoms. The van der Waals surface area contributed by atoms with Crippen molar-refractivity contribution >= 4 is 57.8 Å². The number of methoxy groups -OCH3 is 2. The first-order valence-electron chi connectivity index (χ1n) is 17.4. The van der Waals surface area contributed by atoms with Crippen molar-refractivity contribution in [1.82, 2.24) is 35.7 Å². The number of nitrogens with one attached hydrogen (secondary N) is 4. The highest BCUT2D eigenvalue weighted by atomic mass is 32.1. The smallest absolute Gasteiger partial charge is 0.407 e. The van der Waals surface area contributed by atoms with Crippen molar-refractivity contribution in [1.29, 1.82) is 0 Å². The number of carbonyl (C=O) groups is 4. The number of amides is 4. The molecule has 0 aliphatic rings. The maximum absolute atomic E-state index is 12.8. The van der Waals surface area contributed by atoms with Gasteiger partial charge >= 0.3 is 12.2 Å². The Kier molecular flexibility index (Phi) is 15.0. The normalized spacial score (nSPS) is 11.2. The van der Waals surface area contributed by atoms with Gasteiger partial charge in [-0.25, -0.2) is 14.6 Å². The van der Waals surface area contributed by atoms with Crippen molar-refractivity contribution in [2.45, 2.75) is 40.2 Å². The number of rotatable bonds is 18. The van der Waals surface area contributed by atoms with E-state index in [0.29, 0.717) is 37.7 Å². The molecule has 4 rings (SSSR count). The zero-order chi connectivity index (χ0) is 38.3. The van der Waals surface area contributed by atoms with Crippen molar-refractivity contribution in [3.05, 3.63) is 71.1 Å². The summed E-state index contributed by atoms with van der Waals surface area (Å²) >= 11 is 1.71. The van der Waals surface area contributed by atoms with Crippen molar-refractivity contribution in [3.8, 4) is 22.4 Å². The fraction of sp³-hybridized carbons (Fsp3) is 0.368. The van der Waals surface area contributed by atoms with E-state index in [1.807, 2.05) is 26.0 Å². The molecule has 0 unspecified atom stereocenters. The molecule has 14 nitrogen and oxygen atoms in total. The molecule has 2 heterocycles. The molecule has 53 heavy (non-hydrogen) atoms. The molecule has 0 spiro atoms. The number of carbonyl (C=O) groups excluding carboxylic acids is 4. The van der Waals surface area contributed by atoms with Gasteiger partial charge in [-0.15, -0.1) is 11.3 Å². The SMILES string of the molecule is C=N/C(=C\NCCN(CCC)C(=O)CNC(=O)OC)c1ccc(-c2ccc(-c3cnc(CN(CCC)C(=O)CNC(=O)OC)[nH]3)c3sc(C)cc23)cc1. The minimum absolute atomic E-state index is 0.125. The number of fused-ring (bicyclic) bond motifs is 1. The molecule has 282 valence electrons. The van der Waals surface area contributed by atoms with E-state index < -0.39 is 12.2 Å². The Bertz CT molecular complexity index is 1920. The Labute approximate surface area is 313 Å². The molecule has 0 aliphatic heterocycles. The van der Waals surface area contributed by atoms with Crippen LogP contribution in [-0.4, -0.2) is 104 Å². The van der Waals surface area contributed by atoms with Gasteiger partial charge in [0.05, 0.1) is 38.4 Å². The van der Waals surface area contributed by atoms with E-state index in [2.05, 4.69) is 84.4 Å². The van der Waals surface area contributed by atoms with Gasteiger partial charge in [-0.05, 0) is 43.7 Å². The summed E-state index contributed by atoms with van der Waals surface area (Å²) in [4.78, 5) is 64.9. The van der Waals surface area contributed by atoms with E-state index in [-0.39, 0.29) is 31.4 Å². The molecular formula is C38H48N8O6S. The highest BCUT2D eigenvalue weighted by Gasteiger charge is 2.19. The molecule has 0 saturated carbocycles. The quantitative estimate of drug-likeness (QED) is 0.0760. The third kappa shape index (κ3) is 10.9.